The predicted molar refractivity (Wildman–Crippen MR) is 81.4 cm³/mol. The van der Waals surface area contributed by atoms with Crippen molar-refractivity contribution in [3.8, 4) is 0 Å². The molecule has 0 aromatic carbocycles. The molecule has 3 aliphatic rings. The molecule has 1 saturated carbocycles. The molecular weight excluding hydrogens is 282 g/mol. The van der Waals surface area contributed by atoms with E-state index >= 15 is 0 Å². The molecule has 5 heteroatoms. The maximum absolute atomic E-state index is 12.5. The zero-order valence-corrected chi connectivity index (χ0v) is 13.2. The van der Waals surface area contributed by atoms with Gasteiger partial charge in [-0.25, -0.2) is 4.79 Å². The average molecular weight is 309 g/mol. The van der Waals surface area contributed by atoms with Crippen LogP contribution in [0.5, 0.6) is 0 Å². The number of carbonyl (C=O) groups excluding carboxylic acids is 1. The molecule has 3 unspecified atom stereocenters. The molecule has 22 heavy (non-hydrogen) atoms. The summed E-state index contributed by atoms with van der Waals surface area (Å²) in [4.78, 5) is 25.7. The summed E-state index contributed by atoms with van der Waals surface area (Å²) in [5.74, 6) is 0.522. The topological polar surface area (TPSA) is 66.8 Å². The minimum absolute atomic E-state index is 0.0499. The van der Waals surface area contributed by atoms with E-state index in [0.717, 1.165) is 58.2 Å². The number of hydrogen-bond donors (Lipinski definition) is 1. The van der Waals surface area contributed by atoms with Gasteiger partial charge in [0.2, 0.25) is 5.91 Å². The van der Waals surface area contributed by atoms with Crippen LogP contribution in [0.4, 0.5) is 0 Å². The highest BCUT2D eigenvalue weighted by Gasteiger charge is 2.49. The normalized spacial score (nSPS) is 32.2. The summed E-state index contributed by atoms with van der Waals surface area (Å²) in [5.41, 5.74) is 0. The molecule has 1 aliphatic carbocycles. The van der Waals surface area contributed by atoms with E-state index in [9.17, 15) is 14.7 Å². The second-order valence-corrected chi connectivity index (χ2v) is 7.13. The number of carboxylic acid groups (broad SMARTS) is 1. The highest BCUT2D eigenvalue weighted by atomic mass is 16.5. The molecule has 2 heterocycles. The van der Waals surface area contributed by atoms with E-state index in [4.69, 9.17) is 4.74 Å². The van der Waals surface area contributed by atoms with Crippen LogP contribution < -0.4 is 0 Å². The monoisotopic (exact) mass is 309 g/mol. The third kappa shape index (κ3) is 3.29. The Morgan fingerprint density at radius 3 is 2.64 bits per heavy atom. The van der Waals surface area contributed by atoms with Crippen LogP contribution in [0.2, 0.25) is 0 Å². The van der Waals surface area contributed by atoms with Gasteiger partial charge in [0.25, 0.3) is 0 Å². The van der Waals surface area contributed by atoms with E-state index in [1.165, 1.54) is 0 Å². The Kier molecular flexibility index (Phi) is 5.01. The van der Waals surface area contributed by atoms with Gasteiger partial charge in [0, 0.05) is 26.2 Å². The highest BCUT2D eigenvalue weighted by Crippen LogP contribution is 2.42. The number of carbonyl (C=O) groups is 2. The summed E-state index contributed by atoms with van der Waals surface area (Å²) >= 11 is 0. The van der Waals surface area contributed by atoms with Crippen LogP contribution in [0.25, 0.3) is 0 Å². The van der Waals surface area contributed by atoms with Crippen LogP contribution in [-0.2, 0) is 14.3 Å². The summed E-state index contributed by atoms with van der Waals surface area (Å²) in [6.45, 7) is 2.35. The molecule has 0 aromatic heterocycles. The number of aliphatic carboxylic acids is 1. The Bertz CT molecular complexity index is 419. The summed E-state index contributed by atoms with van der Waals surface area (Å²) in [7, 11) is 0. The van der Waals surface area contributed by atoms with Crippen molar-refractivity contribution in [3.05, 3.63) is 0 Å². The van der Waals surface area contributed by atoms with Gasteiger partial charge in [-0.3, -0.25) is 4.79 Å². The predicted octanol–water partition coefficient (Wildman–Crippen LogP) is 2.29. The number of likely N-dealkylation sites (tertiary alicyclic amines) is 1. The van der Waals surface area contributed by atoms with Gasteiger partial charge in [0.15, 0.2) is 0 Å². The third-order valence-electron chi connectivity index (χ3n) is 5.81. The molecule has 124 valence electrons. The van der Waals surface area contributed by atoms with E-state index in [-0.39, 0.29) is 11.8 Å². The zero-order valence-electron chi connectivity index (χ0n) is 13.2. The minimum atomic E-state index is -0.813. The number of hydrogen-bond acceptors (Lipinski definition) is 3. The van der Waals surface area contributed by atoms with Gasteiger partial charge < -0.3 is 14.7 Å². The van der Waals surface area contributed by atoms with E-state index in [0.29, 0.717) is 24.8 Å². The largest absolute Gasteiger partial charge is 0.480 e. The number of fused-ring (bicyclic) bond motifs is 1. The van der Waals surface area contributed by atoms with Gasteiger partial charge in [-0.2, -0.15) is 0 Å². The lowest BCUT2D eigenvalue weighted by molar-refractivity contribution is -0.149. The molecule has 5 nitrogen and oxygen atoms in total. The number of amides is 1. The van der Waals surface area contributed by atoms with Crippen molar-refractivity contribution in [1.82, 2.24) is 4.90 Å². The van der Waals surface area contributed by atoms with E-state index in [2.05, 4.69) is 0 Å². The minimum Gasteiger partial charge on any atom is -0.480 e. The fraction of sp³-hybridized carbons (Fsp3) is 0.882. The lowest BCUT2D eigenvalue weighted by Gasteiger charge is -2.25. The van der Waals surface area contributed by atoms with Crippen molar-refractivity contribution in [2.75, 3.05) is 19.8 Å². The SMILES string of the molecule is O=C(O)C1C2CCCC2CN1C(=O)CCCC1CCOCC1. The Balaban J connectivity index is 1.49. The number of rotatable bonds is 5. The first-order valence-electron chi connectivity index (χ1n) is 8.77. The molecule has 0 aromatic rings. The number of carboxylic acids is 1. The lowest BCUT2D eigenvalue weighted by Crippen LogP contribution is -2.43. The molecule has 2 aliphatic heterocycles. The summed E-state index contributed by atoms with van der Waals surface area (Å²) in [6.07, 6.45) is 7.80. The van der Waals surface area contributed by atoms with Crippen LogP contribution in [0, 0.1) is 17.8 Å². The van der Waals surface area contributed by atoms with Crippen LogP contribution in [0.3, 0.4) is 0 Å². The average Bonchev–Trinajstić information content (AvgIpc) is 3.08. The number of ether oxygens (including phenoxy) is 1. The van der Waals surface area contributed by atoms with Gasteiger partial charge >= 0.3 is 5.97 Å². The standard InChI is InChI=1S/C17H27NO4/c19-15(6-1-3-12-7-9-22-10-8-12)18-11-13-4-2-5-14(13)16(18)17(20)21/h12-14,16H,1-11H2,(H,20,21). The maximum Gasteiger partial charge on any atom is 0.326 e. The maximum atomic E-state index is 12.5. The van der Waals surface area contributed by atoms with E-state index < -0.39 is 12.0 Å². The van der Waals surface area contributed by atoms with Gasteiger partial charge in [-0.1, -0.05) is 6.42 Å². The quantitative estimate of drug-likeness (QED) is 0.846. The van der Waals surface area contributed by atoms with Crippen molar-refractivity contribution in [1.29, 1.82) is 0 Å². The third-order valence-corrected chi connectivity index (χ3v) is 5.81. The molecule has 3 fully saturated rings. The van der Waals surface area contributed by atoms with E-state index in [1.54, 1.807) is 4.90 Å². The zero-order chi connectivity index (χ0) is 15.5. The first kappa shape index (κ1) is 15.8. The second kappa shape index (κ2) is 6.99. The number of nitrogens with zero attached hydrogens (tertiary/aromatic N) is 1. The summed E-state index contributed by atoms with van der Waals surface area (Å²) < 4.78 is 5.35. The Labute approximate surface area is 132 Å². The Morgan fingerprint density at radius 2 is 1.91 bits per heavy atom. The van der Waals surface area contributed by atoms with Gasteiger partial charge in [-0.15, -0.1) is 0 Å². The van der Waals surface area contributed by atoms with Crippen molar-refractivity contribution in [3.63, 3.8) is 0 Å². The van der Waals surface area contributed by atoms with Crippen molar-refractivity contribution < 1.29 is 19.4 Å². The second-order valence-electron chi connectivity index (χ2n) is 7.13. The van der Waals surface area contributed by atoms with Gasteiger partial charge in [0.1, 0.15) is 6.04 Å². The Morgan fingerprint density at radius 1 is 1.14 bits per heavy atom. The fourth-order valence-corrected chi connectivity index (χ4v) is 4.60. The molecule has 0 spiro atoms. The lowest BCUT2D eigenvalue weighted by atomic mass is 9.93. The first-order valence-corrected chi connectivity index (χ1v) is 8.77. The fourth-order valence-electron chi connectivity index (χ4n) is 4.60. The summed E-state index contributed by atoms with van der Waals surface area (Å²) in [5, 5.41) is 9.50. The van der Waals surface area contributed by atoms with E-state index in [1.807, 2.05) is 0 Å². The summed E-state index contributed by atoms with van der Waals surface area (Å²) in [6, 6.07) is -0.567. The van der Waals surface area contributed by atoms with Crippen molar-refractivity contribution in [2.24, 2.45) is 17.8 Å². The van der Waals surface area contributed by atoms with Crippen LogP contribution in [0.15, 0.2) is 0 Å². The van der Waals surface area contributed by atoms with Crippen molar-refractivity contribution >= 4 is 11.9 Å². The molecule has 2 saturated heterocycles. The van der Waals surface area contributed by atoms with Crippen LogP contribution in [0.1, 0.15) is 51.4 Å². The van der Waals surface area contributed by atoms with Crippen LogP contribution in [-0.4, -0.2) is 47.7 Å². The first-order chi connectivity index (χ1) is 10.7. The van der Waals surface area contributed by atoms with Gasteiger partial charge in [0.05, 0.1) is 0 Å². The molecule has 3 rings (SSSR count). The highest BCUT2D eigenvalue weighted by molar-refractivity contribution is 5.84. The molecule has 1 amide bonds. The molecular formula is C17H27NO4. The Hall–Kier alpha value is -1.10. The van der Waals surface area contributed by atoms with Gasteiger partial charge in [-0.05, 0) is 56.3 Å². The molecule has 1 N–H and O–H groups in total. The molecule has 0 radical (unpaired) electrons. The van der Waals surface area contributed by atoms with Crippen molar-refractivity contribution in [2.45, 2.75) is 57.4 Å². The molecule has 0 bridgehead atoms. The van der Waals surface area contributed by atoms with Crippen LogP contribution >= 0.6 is 0 Å². The smallest absolute Gasteiger partial charge is 0.326 e. The molecule has 3 atom stereocenters.